The van der Waals surface area contributed by atoms with Gasteiger partial charge in [0.15, 0.2) is 0 Å². The van der Waals surface area contributed by atoms with Gasteiger partial charge in [0.1, 0.15) is 4.21 Å². The van der Waals surface area contributed by atoms with Gasteiger partial charge in [0.2, 0.25) is 0 Å². The molecule has 1 fully saturated rings. The lowest BCUT2D eigenvalue weighted by Gasteiger charge is -2.16. The fourth-order valence-corrected chi connectivity index (χ4v) is 6.07. The Balaban J connectivity index is 0.00000192. The molecule has 4 nitrogen and oxygen atoms in total. The molecular formula is C15H18Cl2N2O2S2. The lowest BCUT2D eigenvalue weighted by Crippen LogP contribution is -2.29. The first-order valence-corrected chi connectivity index (χ1v) is 9.66. The maximum absolute atomic E-state index is 12.7. The molecule has 2 heterocycles. The van der Waals surface area contributed by atoms with Crippen LogP contribution in [0.3, 0.4) is 0 Å². The highest BCUT2D eigenvalue weighted by Gasteiger charge is 2.39. The van der Waals surface area contributed by atoms with Gasteiger partial charge in [-0.15, -0.1) is 23.7 Å². The summed E-state index contributed by atoms with van der Waals surface area (Å²) in [5, 5.41) is 0. The topological polar surface area (TPSA) is 63.4 Å². The first-order chi connectivity index (χ1) is 10.5. The predicted molar refractivity (Wildman–Crippen MR) is 97.1 cm³/mol. The SMILES string of the molecule is Cl.NC[C@@H]1CN(S(=O)(=O)c2ccc(Cl)s2)C[C@H]1c1ccccc1. The lowest BCUT2D eigenvalue weighted by molar-refractivity contribution is 0.460. The summed E-state index contributed by atoms with van der Waals surface area (Å²) in [5.74, 6) is 0.268. The van der Waals surface area contributed by atoms with E-state index >= 15 is 0 Å². The average molecular weight is 393 g/mol. The third-order valence-corrected chi connectivity index (χ3v) is 7.61. The van der Waals surface area contributed by atoms with Crippen LogP contribution in [0.25, 0.3) is 0 Å². The van der Waals surface area contributed by atoms with Crippen LogP contribution in [0.4, 0.5) is 0 Å². The molecule has 1 aromatic heterocycles. The Morgan fingerprint density at radius 1 is 1.17 bits per heavy atom. The van der Waals surface area contributed by atoms with E-state index in [9.17, 15) is 8.42 Å². The Hall–Kier alpha value is -0.630. The first kappa shape index (κ1) is 18.7. The van der Waals surface area contributed by atoms with Crippen LogP contribution in [0, 0.1) is 5.92 Å². The van der Waals surface area contributed by atoms with E-state index in [1.807, 2.05) is 30.3 Å². The Morgan fingerprint density at radius 2 is 1.87 bits per heavy atom. The second-order valence-corrected chi connectivity index (χ2v) is 9.27. The van der Waals surface area contributed by atoms with Crippen LogP contribution in [0.5, 0.6) is 0 Å². The summed E-state index contributed by atoms with van der Waals surface area (Å²) in [6.45, 7) is 1.38. The molecule has 0 unspecified atom stereocenters. The molecule has 0 aliphatic carbocycles. The van der Waals surface area contributed by atoms with Crippen molar-refractivity contribution in [2.24, 2.45) is 11.7 Å². The van der Waals surface area contributed by atoms with Crippen LogP contribution in [0.15, 0.2) is 46.7 Å². The minimum absolute atomic E-state index is 0. The Morgan fingerprint density at radius 3 is 2.43 bits per heavy atom. The largest absolute Gasteiger partial charge is 0.330 e. The van der Waals surface area contributed by atoms with Crippen LogP contribution < -0.4 is 5.73 Å². The van der Waals surface area contributed by atoms with Crippen molar-refractivity contribution in [3.63, 3.8) is 0 Å². The van der Waals surface area contributed by atoms with Gasteiger partial charge in [-0.1, -0.05) is 41.9 Å². The zero-order valence-electron chi connectivity index (χ0n) is 12.3. The molecule has 0 amide bonds. The molecular weight excluding hydrogens is 375 g/mol. The number of benzene rings is 1. The minimum Gasteiger partial charge on any atom is -0.330 e. The van der Waals surface area contributed by atoms with Gasteiger partial charge in [-0.2, -0.15) is 4.31 Å². The van der Waals surface area contributed by atoms with E-state index in [-0.39, 0.29) is 24.2 Å². The van der Waals surface area contributed by atoms with Crippen molar-refractivity contribution in [2.45, 2.75) is 10.1 Å². The molecule has 1 aliphatic heterocycles. The number of halogens is 2. The van der Waals surface area contributed by atoms with Gasteiger partial charge >= 0.3 is 0 Å². The molecule has 0 radical (unpaired) electrons. The fourth-order valence-electron chi connectivity index (χ4n) is 2.91. The highest BCUT2D eigenvalue weighted by Crippen LogP contribution is 2.37. The van der Waals surface area contributed by atoms with Crippen LogP contribution >= 0.6 is 35.3 Å². The highest BCUT2D eigenvalue weighted by atomic mass is 35.5. The summed E-state index contributed by atoms with van der Waals surface area (Å²) >= 11 is 6.96. The maximum atomic E-state index is 12.7. The number of hydrogen-bond donors (Lipinski definition) is 1. The van der Waals surface area contributed by atoms with E-state index < -0.39 is 10.0 Å². The zero-order valence-corrected chi connectivity index (χ0v) is 15.5. The van der Waals surface area contributed by atoms with Crippen molar-refractivity contribution in [1.29, 1.82) is 0 Å². The van der Waals surface area contributed by atoms with E-state index in [1.165, 1.54) is 4.31 Å². The van der Waals surface area contributed by atoms with Crippen molar-refractivity contribution in [2.75, 3.05) is 19.6 Å². The standard InChI is InChI=1S/C15H17ClN2O2S2.ClH/c16-14-6-7-15(21-14)22(19,20)18-9-12(8-17)13(10-18)11-4-2-1-3-5-11;/h1-7,12-13H,8-10,17H2;1H/t12-,13+;/m1./s1. The molecule has 126 valence electrons. The summed E-state index contributed by atoms with van der Waals surface area (Å²) in [5.41, 5.74) is 7.01. The van der Waals surface area contributed by atoms with E-state index in [0.29, 0.717) is 28.2 Å². The molecule has 0 spiro atoms. The minimum atomic E-state index is -3.49. The van der Waals surface area contributed by atoms with Crippen LogP contribution in [0.2, 0.25) is 4.34 Å². The second-order valence-electron chi connectivity index (χ2n) is 5.39. The number of thiophene rings is 1. The highest BCUT2D eigenvalue weighted by molar-refractivity contribution is 7.91. The molecule has 23 heavy (non-hydrogen) atoms. The molecule has 2 atom stereocenters. The maximum Gasteiger partial charge on any atom is 0.252 e. The Bertz CT molecular complexity index is 750. The third kappa shape index (κ3) is 3.73. The summed E-state index contributed by atoms with van der Waals surface area (Å²) in [6, 6.07) is 13.1. The van der Waals surface area contributed by atoms with E-state index in [4.69, 9.17) is 17.3 Å². The van der Waals surface area contributed by atoms with Gasteiger partial charge in [0.25, 0.3) is 10.0 Å². The normalized spacial score (nSPS) is 22.0. The van der Waals surface area contributed by atoms with Crippen molar-refractivity contribution >= 4 is 45.4 Å². The molecule has 3 rings (SSSR count). The van der Waals surface area contributed by atoms with Crippen LogP contribution in [-0.4, -0.2) is 32.4 Å². The van der Waals surface area contributed by atoms with Gasteiger partial charge < -0.3 is 5.73 Å². The summed E-state index contributed by atoms with van der Waals surface area (Å²) < 4.78 is 27.8. The molecule has 0 bridgehead atoms. The van der Waals surface area contributed by atoms with Crippen molar-refractivity contribution < 1.29 is 8.42 Å². The number of rotatable bonds is 4. The summed E-state index contributed by atoms with van der Waals surface area (Å²) in [7, 11) is -3.49. The molecule has 0 saturated carbocycles. The fraction of sp³-hybridized carbons (Fsp3) is 0.333. The van der Waals surface area contributed by atoms with Gasteiger partial charge in [-0.25, -0.2) is 8.42 Å². The molecule has 1 aromatic carbocycles. The quantitative estimate of drug-likeness (QED) is 0.868. The molecule has 1 aliphatic rings. The van der Waals surface area contributed by atoms with Crippen LogP contribution in [0.1, 0.15) is 11.5 Å². The number of nitrogens with two attached hydrogens (primary N) is 1. The predicted octanol–water partition coefficient (Wildman–Crippen LogP) is 3.19. The zero-order chi connectivity index (χ0) is 15.7. The Kier molecular flexibility index (Phi) is 6.10. The molecule has 2 N–H and O–H groups in total. The van der Waals surface area contributed by atoms with Gasteiger partial charge in [-0.3, -0.25) is 0 Å². The summed E-state index contributed by atoms with van der Waals surface area (Å²) in [6.07, 6.45) is 0. The first-order valence-electron chi connectivity index (χ1n) is 7.03. The van der Waals surface area contributed by atoms with Gasteiger partial charge in [0, 0.05) is 19.0 Å². The second kappa shape index (κ2) is 7.51. The van der Waals surface area contributed by atoms with E-state index in [1.54, 1.807) is 12.1 Å². The summed E-state index contributed by atoms with van der Waals surface area (Å²) in [4.78, 5) is 0. The lowest BCUT2D eigenvalue weighted by atomic mass is 9.89. The van der Waals surface area contributed by atoms with Gasteiger partial charge in [-0.05, 0) is 30.2 Å². The number of nitrogens with zero attached hydrogens (tertiary/aromatic N) is 1. The number of hydrogen-bond acceptors (Lipinski definition) is 4. The third-order valence-electron chi connectivity index (χ3n) is 4.08. The molecule has 1 saturated heterocycles. The van der Waals surface area contributed by atoms with Crippen molar-refractivity contribution in [3.8, 4) is 0 Å². The molecule has 2 aromatic rings. The van der Waals surface area contributed by atoms with Gasteiger partial charge in [0.05, 0.1) is 4.34 Å². The number of sulfonamides is 1. The van der Waals surface area contributed by atoms with E-state index in [2.05, 4.69) is 0 Å². The van der Waals surface area contributed by atoms with Crippen molar-refractivity contribution in [1.82, 2.24) is 4.31 Å². The Labute approximate surface area is 151 Å². The smallest absolute Gasteiger partial charge is 0.252 e. The van der Waals surface area contributed by atoms with Crippen molar-refractivity contribution in [3.05, 3.63) is 52.4 Å². The average Bonchev–Trinajstić information content (AvgIpc) is 3.14. The van der Waals surface area contributed by atoms with E-state index in [0.717, 1.165) is 16.9 Å². The molecule has 8 heteroatoms. The monoisotopic (exact) mass is 392 g/mol. The van der Waals surface area contributed by atoms with Crippen LogP contribution in [-0.2, 0) is 10.0 Å².